The van der Waals surface area contributed by atoms with Gasteiger partial charge in [0.05, 0.1) is 0 Å². The van der Waals surface area contributed by atoms with Gasteiger partial charge in [-0.05, 0) is 25.2 Å². The van der Waals surface area contributed by atoms with Crippen molar-refractivity contribution in [3.8, 4) is 0 Å². The third-order valence-corrected chi connectivity index (χ3v) is 3.33. The van der Waals surface area contributed by atoms with Gasteiger partial charge in [-0.25, -0.2) is 4.79 Å². The monoisotopic (exact) mass is 228 g/mol. The van der Waals surface area contributed by atoms with Crippen molar-refractivity contribution in [2.45, 2.75) is 33.2 Å². The quantitative estimate of drug-likeness (QED) is 0.744. The summed E-state index contributed by atoms with van der Waals surface area (Å²) in [5.41, 5.74) is 0. The highest BCUT2D eigenvalue weighted by Crippen LogP contribution is 2.22. The van der Waals surface area contributed by atoms with Crippen LogP contribution in [0.5, 0.6) is 0 Å². The smallest absolute Gasteiger partial charge is 0.325 e. The summed E-state index contributed by atoms with van der Waals surface area (Å²) in [5, 5.41) is 11.2. The second kappa shape index (κ2) is 5.18. The molecule has 2 amide bonds. The number of likely N-dealkylation sites (tertiary alicyclic amines) is 1. The van der Waals surface area contributed by atoms with Crippen molar-refractivity contribution >= 4 is 12.0 Å². The molecule has 16 heavy (non-hydrogen) atoms. The Balaban J connectivity index is 2.46. The first-order valence-electron chi connectivity index (χ1n) is 5.70. The van der Waals surface area contributed by atoms with E-state index in [2.05, 4.69) is 19.2 Å². The molecule has 0 bridgehead atoms. The van der Waals surface area contributed by atoms with Crippen LogP contribution in [0.2, 0.25) is 0 Å². The van der Waals surface area contributed by atoms with Crippen LogP contribution in [0, 0.1) is 11.8 Å². The molecule has 3 atom stereocenters. The van der Waals surface area contributed by atoms with Crippen molar-refractivity contribution in [3.63, 3.8) is 0 Å². The summed E-state index contributed by atoms with van der Waals surface area (Å²) in [7, 11) is 0. The Morgan fingerprint density at radius 3 is 2.50 bits per heavy atom. The molecule has 0 aliphatic carbocycles. The summed E-state index contributed by atoms with van der Waals surface area (Å²) in [6.07, 6.45) is 0.982. The molecule has 0 aromatic heterocycles. The Morgan fingerprint density at radius 1 is 1.38 bits per heavy atom. The van der Waals surface area contributed by atoms with Crippen LogP contribution in [0.15, 0.2) is 0 Å². The number of hydrogen-bond acceptors (Lipinski definition) is 2. The van der Waals surface area contributed by atoms with Crippen molar-refractivity contribution in [2.24, 2.45) is 11.8 Å². The van der Waals surface area contributed by atoms with Gasteiger partial charge < -0.3 is 15.3 Å². The van der Waals surface area contributed by atoms with Gasteiger partial charge in [0.2, 0.25) is 0 Å². The molecule has 0 saturated carbocycles. The molecule has 0 spiro atoms. The fourth-order valence-corrected chi connectivity index (χ4v) is 1.79. The fourth-order valence-electron chi connectivity index (χ4n) is 1.79. The van der Waals surface area contributed by atoms with Gasteiger partial charge in [0.1, 0.15) is 6.04 Å². The molecule has 92 valence electrons. The van der Waals surface area contributed by atoms with Gasteiger partial charge in [-0.3, -0.25) is 4.79 Å². The third kappa shape index (κ3) is 3.12. The number of carbonyl (C=O) groups excluding carboxylic acids is 1. The number of carboxylic acid groups (broad SMARTS) is 1. The lowest BCUT2D eigenvalue weighted by molar-refractivity contribution is -0.138. The number of piperidine rings is 1. The van der Waals surface area contributed by atoms with E-state index in [9.17, 15) is 9.59 Å². The van der Waals surface area contributed by atoms with Gasteiger partial charge >= 0.3 is 12.0 Å². The van der Waals surface area contributed by atoms with Crippen molar-refractivity contribution in [1.82, 2.24) is 10.2 Å². The molecule has 5 heteroatoms. The first-order chi connectivity index (χ1) is 7.41. The second-order valence-electron chi connectivity index (χ2n) is 4.70. The number of aliphatic carboxylic acids is 1. The number of nitrogens with one attached hydrogen (secondary N) is 1. The minimum absolute atomic E-state index is 0.270. The standard InChI is InChI=1S/C11H20N2O3/c1-7-4-5-13(6-8(7)2)11(16)12-9(3)10(14)15/h7-9H,4-6H2,1-3H3,(H,12,16)(H,14,15)/t7?,8?,9-/m1/s1. The number of amides is 2. The average molecular weight is 228 g/mol. The number of nitrogens with zero attached hydrogens (tertiary/aromatic N) is 1. The van der Waals surface area contributed by atoms with Gasteiger partial charge in [0.15, 0.2) is 0 Å². The molecular weight excluding hydrogens is 208 g/mol. The highest BCUT2D eigenvalue weighted by molar-refractivity contribution is 5.82. The van der Waals surface area contributed by atoms with Crippen molar-refractivity contribution < 1.29 is 14.7 Å². The molecular formula is C11H20N2O3. The van der Waals surface area contributed by atoms with Crippen LogP contribution in [0.25, 0.3) is 0 Å². The minimum Gasteiger partial charge on any atom is -0.480 e. The lowest BCUT2D eigenvalue weighted by atomic mass is 9.89. The Labute approximate surface area is 95.8 Å². The molecule has 0 aromatic carbocycles. The van der Waals surface area contributed by atoms with E-state index in [1.807, 2.05) is 0 Å². The number of carbonyl (C=O) groups is 2. The Hall–Kier alpha value is -1.26. The minimum atomic E-state index is -1.01. The summed E-state index contributed by atoms with van der Waals surface area (Å²) < 4.78 is 0. The van der Waals surface area contributed by atoms with Crippen LogP contribution in [-0.4, -0.2) is 41.1 Å². The topological polar surface area (TPSA) is 69.6 Å². The van der Waals surface area contributed by atoms with E-state index in [-0.39, 0.29) is 6.03 Å². The number of rotatable bonds is 2. The summed E-state index contributed by atoms with van der Waals surface area (Å²) in [6.45, 7) is 7.18. The van der Waals surface area contributed by atoms with Gasteiger partial charge in [-0.15, -0.1) is 0 Å². The van der Waals surface area contributed by atoms with E-state index in [0.29, 0.717) is 24.9 Å². The van der Waals surface area contributed by atoms with Crippen LogP contribution < -0.4 is 5.32 Å². The fraction of sp³-hybridized carbons (Fsp3) is 0.818. The molecule has 5 nitrogen and oxygen atoms in total. The Bertz CT molecular complexity index is 280. The lowest BCUT2D eigenvalue weighted by Crippen LogP contribution is -2.50. The first-order valence-corrected chi connectivity index (χ1v) is 5.70. The zero-order valence-electron chi connectivity index (χ0n) is 10.1. The molecule has 1 aliphatic heterocycles. The SMILES string of the molecule is CC1CCN(C(=O)N[C@H](C)C(=O)O)CC1C. The van der Waals surface area contributed by atoms with E-state index < -0.39 is 12.0 Å². The summed E-state index contributed by atoms with van der Waals surface area (Å²) >= 11 is 0. The van der Waals surface area contributed by atoms with Gasteiger partial charge in [-0.2, -0.15) is 0 Å². The number of hydrogen-bond donors (Lipinski definition) is 2. The van der Waals surface area contributed by atoms with E-state index in [1.54, 1.807) is 4.90 Å². The molecule has 1 heterocycles. The molecule has 0 radical (unpaired) electrons. The molecule has 1 aliphatic rings. The summed E-state index contributed by atoms with van der Waals surface area (Å²) in [6, 6.07) is -1.10. The van der Waals surface area contributed by atoms with Gasteiger partial charge in [-0.1, -0.05) is 13.8 Å². The first kappa shape index (κ1) is 12.8. The van der Waals surface area contributed by atoms with E-state index in [4.69, 9.17) is 5.11 Å². The normalized spacial score (nSPS) is 27.3. The maximum Gasteiger partial charge on any atom is 0.325 e. The summed E-state index contributed by atoms with van der Waals surface area (Å²) in [4.78, 5) is 24.0. The van der Waals surface area contributed by atoms with E-state index >= 15 is 0 Å². The third-order valence-electron chi connectivity index (χ3n) is 3.33. The van der Waals surface area contributed by atoms with Gasteiger partial charge in [0, 0.05) is 13.1 Å². The molecule has 2 N–H and O–H groups in total. The molecule has 2 unspecified atom stereocenters. The van der Waals surface area contributed by atoms with Crippen LogP contribution in [0.4, 0.5) is 4.79 Å². The molecule has 1 fully saturated rings. The van der Waals surface area contributed by atoms with Crippen molar-refractivity contribution in [2.75, 3.05) is 13.1 Å². The predicted molar refractivity (Wildman–Crippen MR) is 60.1 cm³/mol. The zero-order valence-corrected chi connectivity index (χ0v) is 10.1. The van der Waals surface area contributed by atoms with Crippen molar-refractivity contribution in [3.05, 3.63) is 0 Å². The van der Waals surface area contributed by atoms with Gasteiger partial charge in [0.25, 0.3) is 0 Å². The van der Waals surface area contributed by atoms with E-state index in [1.165, 1.54) is 6.92 Å². The highest BCUT2D eigenvalue weighted by atomic mass is 16.4. The Morgan fingerprint density at radius 2 is 2.00 bits per heavy atom. The van der Waals surface area contributed by atoms with Crippen LogP contribution in [-0.2, 0) is 4.79 Å². The zero-order chi connectivity index (χ0) is 12.3. The highest BCUT2D eigenvalue weighted by Gasteiger charge is 2.27. The molecule has 1 rings (SSSR count). The van der Waals surface area contributed by atoms with E-state index in [0.717, 1.165) is 6.42 Å². The Kier molecular flexibility index (Phi) is 4.15. The molecule has 0 aromatic rings. The van der Waals surface area contributed by atoms with Crippen LogP contribution >= 0.6 is 0 Å². The average Bonchev–Trinajstić information content (AvgIpc) is 2.21. The molecule has 1 saturated heterocycles. The maximum absolute atomic E-state index is 11.7. The largest absolute Gasteiger partial charge is 0.480 e. The van der Waals surface area contributed by atoms with Crippen LogP contribution in [0.1, 0.15) is 27.2 Å². The summed E-state index contributed by atoms with van der Waals surface area (Å²) in [5.74, 6) is 0.0901. The lowest BCUT2D eigenvalue weighted by Gasteiger charge is -2.35. The van der Waals surface area contributed by atoms with Crippen LogP contribution in [0.3, 0.4) is 0 Å². The number of carboxylic acids is 1. The number of urea groups is 1. The second-order valence-corrected chi connectivity index (χ2v) is 4.70. The maximum atomic E-state index is 11.7. The van der Waals surface area contributed by atoms with Crippen molar-refractivity contribution in [1.29, 1.82) is 0 Å². The predicted octanol–water partition coefficient (Wildman–Crippen LogP) is 1.15.